The van der Waals surface area contributed by atoms with Crippen LogP contribution in [0.1, 0.15) is 40.9 Å². The van der Waals surface area contributed by atoms with Crippen molar-refractivity contribution >= 4 is 17.5 Å². The Labute approximate surface area is 137 Å². The summed E-state index contributed by atoms with van der Waals surface area (Å²) in [6, 6.07) is 8.04. The average Bonchev–Trinajstić information content (AvgIpc) is 2.91. The van der Waals surface area contributed by atoms with Crippen molar-refractivity contribution in [3.05, 3.63) is 64.7 Å². The third kappa shape index (κ3) is 3.27. The zero-order chi connectivity index (χ0) is 17.3. The van der Waals surface area contributed by atoms with E-state index in [4.69, 9.17) is 0 Å². The highest BCUT2D eigenvalue weighted by Crippen LogP contribution is 2.32. The summed E-state index contributed by atoms with van der Waals surface area (Å²) in [5.41, 5.74) is 1.96. The molecule has 0 aliphatic heterocycles. The van der Waals surface area contributed by atoms with E-state index < -0.39 is 17.6 Å². The van der Waals surface area contributed by atoms with Crippen molar-refractivity contribution < 1.29 is 18.4 Å². The van der Waals surface area contributed by atoms with Gasteiger partial charge in [0.15, 0.2) is 0 Å². The molecular weight excluding hydrogens is 314 g/mol. The largest absolute Gasteiger partial charge is 0.345 e. The molecule has 0 saturated heterocycles. The minimum atomic E-state index is -0.616. The molecule has 24 heavy (non-hydrogen) atoms. The Morgan fingerprint density at radius 1 is 1.12 bits per heavy atom. The van der Waals surface area contributed by atoms with E-state index in [9.17, 15) is 18.4 Å². The summed E-state index contributed by atoms with van der Waals surface area (Å²) in [5.74, 6) is -1.78. The van der Waals surface area contributed by atoms with Crippen LogP contribution in [0.5, 0.6) is 0 Å². The monoisotopic (exact) mass is 330 g/mol. The van der Waals surface area contributed by atoms with Crippen LogP contribution in [-0.2, 0) is 11.2 Å². The van der Waals surface area contributed by atoms with Gasteiger partial charge in [0, 0.05) is 12.5 Å². The standard InChI is InChI=1S/C18H16F2N2O2/c1-10(23)21-17-8-12(3-6-15(17)20)18(24)22-16-7-4-11-2-5-13(19)9-14(11)16/h2-3,5-6,8-9,16H,4,7H2,1H3,(H,21,23)(H,22,24). The molecule has 3 rings (SSSR count). The number of nitrogens with one attached hydrogen (secondary N) is 2. The van der Waals surface area contributed by atoms with E-state index in [1.54, 1.807) is 6.07 Å². The van der Waals surface area contributed by atoms with Gasteiger partial charge in [0.05, 0.1) is 11.7 Å². The highest BCUT2D eigenvalue weighted by molar-refractivity contribution is 5.97. The van der Waals surface area contributed by atoms with Crippen LogP contribution in [0.4, 0.5) is 14.5 Å². The molecule has 2 N–H and O–H groups in total. The fourth-order valence-electron chi connectivity index (χ4n) is 2.92. The van der Waals surface area contributed by atoms with Crippen LogP contribution in [-0.4, -0.2) is 11.8 Å². The van der Waals surface area contributed by atoms with Gasteiger partial charge in [-0.05, 0) is 54.3 Å². The molecule has 2 amide bonds. The Hall–Kier alpha value is -2.76. The van der Waals surface area contributed by atoms with Gasteiger partial charge < -0.3 is 10.6 Å². The van der Waals surface area contributed by atoms with E-state index >= 15 is 0 Å². The summed E-state index contributed by atoms with van der Waals surface area (Å²) in [6.07, 6.45) is 1.45. The summed E-state index contributed by atoms with van der Waals surface area (Å²) in [7, 11) is 0. The van der Waals surface area contributed by atoms with Crippen LogP contribution in [0.15, 0.2) is 36.4 Å². The molecule has 0 spiro atoms. The molecule has 1 atom stereocenters. The number of anilines is 1. The van der Waals surface area contributed by atoms with E-state index in [0.717, 1.165) is 23.6 Å². The number of benzene rings is 2. The van der Waals surface area contributed by atoms with Gasteiger partial charge in [0.25, 0.3) is 5.91 Å². The molecule has 1 unspecified atom stereocenters. The topological polar surface area (TPSA) is 58.2 Å². The number of rotatable bonds is 3. The molecule has 2 aromatic carbocycles. The molecule has 0 fully saturated rings. The second kappa shape index (κ2) is 6.39. The van der Waals surface area contributed by atoms with E-state index in [-0.39, 0.29) is 23.1 Å². The van der Waals surface area contributed by atoms with Crippen molar-refractivity contribution in [2.45, 2.75) is 25.8 Å². The number of carbonyl (C=O) groups excluding carboxylic acids is 2. The van der Waals surface area contributed by atoms with Gasteiger partial charge in [0.2, 0.25) is 5.91 Å². The first-order chi connectivity index (χ1) is 11.4. The SMILES string of the molecule is CC(=O)Nc1cc(C(=O)NC2CCc3ccc(F)cc32)ccc1F. The molecule has 0 radical (unpaired) electrons. The van der Waals surface area contributed by atoms with E-state index in [2.05, 4.69) is 10.6 Å². The predicted octanol–water partition coefficient (Wildman–Crippen LogP) is 3.34. The molecule has 0 heterocycles. The minimum absolute atomic E-state index is 0.0481. The number of carbonyl (C=O) groups is 2. The Balaban J connectivity index is 1.79. The zero-order valence-corrected chi connectivity index (χ0v) is 13.0. The van der Waals surface area contributed by atoms with E-state index in [1.165, 1.54) is 31.2 Å². The quantitative estimate of drug-likeness (QED) is 0.907. The van der Waals surface area contributed by atoms with E-state index in [0.29, 0.717) is 6.42 Å². The van der Waals surface area contributed by atoms with Crippen LogP contribution in [0.3, 0.4) is 0 Å². The highest BCUT2D eigenvalue weighted by Gasteiger charge is 2.25. The molecule has 2 aromatic rings. The molecule has 0 aromatic heterocycles. The van der Waals surface area contributed by atoms with Crippen LogP contribution < -0.4 is 10.6 Å². The number of hydrogen-bond acceptors (Lipinski definition) is 2. The third-order valence-corrected chi connectivity index (χ3v) is 4.03. The molecular formula is C18H16F2N2O2. The van der Waals surface area contributed by atoms with Gasteiger partial charge in [-0.2, -0.15) is 0 Å². The zero-order valence-electron chi connectivity index (χ0n) is 13.0. The molecule has 124 valence electrons. The predicted molar refractivity (Wildman–Crippen MR) is 85.6 cm³/mol. The smallest absolute Gasteiger partial charge is 0.251 e. The molecule has 0 saturated carbocycles. The van der Waals surface area contributed by atoms with Crippen molar-refractivity contribution in [3.8, 4) is 0 Å². The second-order valence-electron chi connectivity index (χ2n) is 5.78. The lowest BCUT2D eigenvalue weighted by molar-refractivity contribution is -0.114. The summed E-state index contributed by atoms with van der Waals surface area (Å²) < 4.78 is 27.1. The van der Waals surface area contributed by atoms with Gasteiger partial charge >= 0.3 is 0 Å². The number of hydrogen-bond donors (Lipinski definition) is 2. The lowest BCUT2D eigenvalue weighted by Gasteiger charge is -2.15. The summed E-state index contributed by atoms with van der Waals surface area (Å²) >= 11 is 0. The normalized spacial score (nSPS) is 15.7. The van der Waals surface area contributed by atoms with Gasteiger partial charge in [-0.3, -0.25) is 9.59 Å². The van der Waals surface area contributed by atoms with Crippen molar-refractivity contribution in [1.29, 1.82) is 0 Å². The Morgan fingerprint density at radius 3 is 2.67 bits per heavy atom. The molecule has 1 aliphatic carbocycles. The van der Waals surface area contributed by atoms with Crippen LogP contribution in [0.25, 0.3) is 0 Å². The Kier molecular flexibility index (Phi) is 4.29. The Morgan fingerprint density at radius 2 is 1.92 bits per heavy atom. The molecule has 1 aliphatic rings. The van der Waals surface area contributed by atoms with Crippen molar-refractivity contribution in [3.63, 3.8) is 0 Å². The maximum absolute atomic E-state index is 13.7. The van der Waals surface area contributed by atoms with Crippen molar-refractivity contribution in [2.24, 2.45) is 0 Å². The summed E-state index contributed by atoms with van der Waals surface area (Å²) in [6.45, 7) is 1.26. The molecule has 0 bridgehead atoms. The number of halogens is 2. The lowest BCUT2D eigenvalue weighted by atomic mass is 10.1. The average molecular weight is 330 g/mol. The fourth-order valence-corrected chi connectivity index (χ4v) is 2.92. The molecule has 6 heteroatoms. The number of fused-ring (bicyclic) bond motifs is 1. The first kappa shape index (κ1) is 16.1. The van der Waals surface area contributed by atoms with Crippen molar-refractivity contribution in [2.75, 3.05) is 5.32 Å². The maximum Gasteiger partial charge on any atom is 0.251 e. The van der Waals surface area contributed by atoms with Crippen LogP contribution >= 0.6 is 0 Å². The fraction of sp³-hybridized carbons (Fsp3) is 0.222. The van der Waals surface area contributed by atoms with Crippen molar-refractivity contribution in [1.82, 2.24) is 5.32 Å². The van der Waals surface area contributed by atoms with Gasteiger partial charge in [-0.25, -0.2) is 8.78 Å². The number of amides is 2. The maximum atomic E-state index is 13.7. The van der Waals surface area contributed by atoms with E-state index in [1.807, 2.05) is 0 Å². The first-order valence-electron chi connectivity index (χ1n) is 7.60. The van der Waals surface area contributed by atoms with Gasteiger partial charge in [-0.1, -0.05) is 6.07 Å². The van der Waals surface area contributed by atoms with Crippen LogP contribution in [0.2, 0.25) is 0 Å². The highest BCUT2D eigenvalue weighted by atomic mass is 19.1. The van der Waals surface area contributed by atoms with Gasteiger partial charge in [0.1, 0.15) is 11.6 Å². The summed E-state index contributed by atoms with van der Waals surface area (Å²) in [4.78, 5) is 23.5. The summed E-state index contributed by atoms with van der Waals surface area (Å²) in [5, 5.41) is 5.18. The third-order valence-electron chi connectivity index (χ3n) is 4.03. The second-order valence-corrected chi connectivity index (χ2v) is 5.78. The lowest BCUT2D eigenvalue weighted by Crippen LogP contribution is -2.27. The molecule has 4 nitrogen and oxygen atoms in total. The van der Waals surface area contributed by atoms with Gasteiger partial charge in [-0.15, -0.1) is 0 Å². The Bertz CT molecular complexity index is 821. The van der Waals surface area contributed by atoms with Crippen LogP contribution in [0, 0.1) is 11.6 Å². The number of aryl methyl sites for hydroxylation is 1. The first-order valence-corrected chi connectivity index (χ1v) is 7.60. The minimum Gasteiger partial charge on any atom is -0.345 e.